The first kappa shape index (κ1) is 36.7. The standard InChI is InChI=1S/C58H42N4/c1-5-13-41(14-6-1)43-21-29-49(30-22-43)59-51-33-25-45(26-34-51)55-37-47-39-58-48(40-57(47)61(55)53-17-9-3-10-18-53)38-56(62(58)54-19-11-4-12-20-54)46-27-35-52(36-28-46)60-50-31-23-44(24-32-50)42-15-7-2-8-16-42/h1-40,59-60H. The third-order valence-corrected chi connectivity index (χ3v) is 11.7. The molecule has 9 aromatic carbocycles. The van der Waals surface area contributed by atoms with Gasteiger partial charge < -0.3 is 19.8 Å². The van der Waals surface area contributed by atoms with E-state index in [4.69, 9.17) is 0 Å². The molecular formula is C58H42N4. The maximum absolute atomic E-state index is 3.60. The van der Waals surface area contributed by atoms with Crippen molar-refractivity contribution in [3.8, 4) is 56.1 Å². The summed E-state index contributed by atoms with van der Waals surface area (Å²) in [5, 5.41) is 9.56. The van der Waals surface area contributed by atoms with Crippen LogP contribution in [-0.2, 0) is 0 Å². The largest absolute Gasteiger partial charge is 0.356 e. The van der Waals surface area contributed by atoms with Crippen LogP contribution in [0.3, 0.4) is 0 Å². The number of fused-ring (bicyclic) bond motifs is 2. The van der Waals surface area contributed by atoms with Gasteiger partial charge in [0.2, 0.25) is 0 Å². The molecule has 294 valence electrons. The van der Waals surface area contributed by atoms with Crippen molar-refractivity contribution in [2.24, 2.45) is 0 Å². The minimum Gasteiger partial charge on any atom is -0.356 e. The maximum Gasteiger partial charge on any atom is 0.0542 e. The summed E-state index contributed by atoms with van der Waals surface area (Å²) < 4.78 is 4.79. The third kappa shape index (κ3) is 7.20. The van der Waals surface area contributed by atoms with E-state index >= 15 is 0 Å². The van der Waals surface area contributed by atoms with Crippen molar-refractivity contribution < 1.29 is 0 Å². The molecule has 62 heavy (non-hydrogen) atoms. The molecule has 4 heteroatoms. The molecule has 11 aromatic rings. The minimum atomic E-state index is 1.04. The second kappa shape index (κ2) is 16.0. The third-order valence-electron chi connectivity index (χ3n) is 11.7. The van der Waals surface area contributed by atoms with Gasteiger partial charge in [-0.3, -0.25) is 0 Å². The van der Waals surface area contributed by atoms with Crippen LogP contribution in [0.25, 0.3) is 77.9 Å². The molecule has 0 fully saturated rings. The van der Waals surface area contributed by atoms with Crippen molar-refractivity contribution in [3.05, 3.63) is 243 Å². The van der Waals surface area contributed by atoms with Gasteiger partial charge in [0.1, 0.15) is 0 Å². The fraction of sp³-hybridized carbons (Fsp3) is 0. The van der Waals surface area contributed by atoms with Crippen molar-refractivity contribution in [2.75, 3.05) is 10.6 Å². The predicted octanol–water partition coefficient (Wildman–Crippen LogP) is 15.7. The molecule has 2 aromatic heterocycles. The van der Waals surface area contributed by atoms with E-state index < -0.39 is 0 Å². The van der Waals surface area contributed by atoms with Crippen molar-refractivity contribution in [1.82, 2.24) is 9.13 Å². The highest BCUT2D eigenvalue weighted by atomic mass is 15.0. The number of nitrogens with zero attached hydrogens (tertiary/aromatic N) is 2. The molecule has 0 aliphatic rings. The van der Waals surface area contributed by atoms with Crippen molar-refractivity contribution in [2.45, 2.75) is 0 Å². The fourth-order valence-corrected chi connectivity index (χ4v) is 8.58. The van der Waals surface area contributed by atoms with Crippen LogP contribution >= 0.6 is 0 Å². The topological polar surface area (TPSA) is 33.9 Å². The molecule has 0 aliphatic heterocycles. The second-order valence-corrected chi connectivity index (χ2v) is 15.7. The molecule has 2 heterocycles. The first-order valence-electron chi connectivity index (χ1n) is 21.1. The molecule has 11 rings (SSSR count). The average molecular weight is 795 g/mol. The Morgan fingerprint density at radius 3 is 0.839 bits per heavy atom. The fourth-order valence-electron chi connectivity index (χ4n) is 8.58. The number of hydrogen-bond donors (Lipinski definition) is 2. The number of benzene rings is 9. The van der Waals surface area contributed by atoms with E-state index in [9.17, 15) is 0 Å². The molecule has 0 atom stereocenters. The Bertz CT molecular complexity index is 3030. The minimum absolute atomic E-state index is 1.04. The van der Waals surface area contributed by atoms with Crippen molar-refractivity contribution >= 4 is 44.6 Å². The van der Waals surface area contributed by atoms with Crippen LogP contribution in [0.5, 0.6) is 0 Å². The highest BCUT2D eigenvalue weighted by molar-refractivity contribution is 6.02. The van der Waals surface area contributed by atoms with Gasteiger partial charge in [-0.1, -0.05) is 146 Å². The van der Waals surface area contributed by atoms with Crippen LogP contribution < -0.4 is 10.6 Å². The highest BCUT2D eigenvalue weighted by Crippen LogP contribution is 2.39. The number of hydrogen-bond acceptors (Lipinski definition) is 2. The molecule has 0 radical (unpaired) electrons. The molecule has 0 saturated heterocycles. The summed E-state index contributed by atoms with van der Waals surface area (Å²) >= 11 is 0. The Morgan fingerprint density at radius 2 is 0.516 bits per heavy atom. The number of anilines is 4. The van der Waals surface area contributed by atoms with E-state index in [2.05, 4.69) is 250 Å². The van der Waals surface area contributed by atoms with Gasteiger partial charge >= 0.3 is 0 Å². The lowest BCUT2D eigenvalue weighted by atomic mass is 10.1. The van der Waals surface area contributed by atoms with Crippen LogP contribution in [0.1, 0.15) is 0 Å². The van der Waals surface area contributed by atoms with Crippen LogP contribution in [0, 0.1) is 0 Å². The van der Waals surface area contributed by atoms with Crippen molar-refractivity contribution in [1.29, 1.82) is 0 Å². The number of rotatable bonds is 10. The van der Waals surface area contributed by atoms with Crippen molar-refractivity contribution in [3.63, 3.8) is 0 Å². The predicted molar refractivity (Wildman–Crippen MR) is 261 cm³/mol. The van der Waals surface area contributed by atoms with E-state index in [-0.39, 0.29) is 0 Å². The van der Waals surface area contributed by atoms with E-state index in [0.29, 0.717) is 0 Å². The zero-order valence-corrected chi connectivity index (χ0v) is 34.0. The Hall–Kier alpha value is -8.34. The van der Waals surface area contributed by atoms with Crippen LogP contribution in [0.15, 0.2) is 243 Å². The SMILES string of the molecule is c1ccc(-c2ccc(Nc3ccc(-c4cc5cc6c(cc(-c7ccc(Nc8ccc(-c9ccccc9)cc8)cc7)n6-c6ccccc6)cc5n4-c4ccccc4)cc3)cc2)cc1. The van der Waals surface area contributed by atoms with E-state index in [0.717, 1.165) is 67.7 Å². The molecule has 4 nitrogen and oxygen atoms in total. The molecule has 2 N–H and O–H groups in total. The monoisotopic (exact) mass is 794 g/mol. The summed E-state index contributed by atoms with van der Waals surface area (Å²) in [4.78, 5) is 0. The number of nitrogens with one attached hydrogen (secondary N) is 2. The summed E-state index contributed by atoms with van der Waals surface area (Å²) in [6.07, 6.45) is 0. The lowest BCUT2D eigenvalue weighted by Crippen LogP contribution is -1.98. The van der Waals surface area contributed by atoms with Crippen LogP contribution in [0.4, 0.5) is 22.7 Å². The Morgan fingerprint density at radius 1 is 0.242 bits per heavy atom. The smallest absolute Gasteiger partial charge is 0.0542 e. The quantitative estimate of drug-likeness (QED) is 0.145. The maximum atomic E-state index is 3.60. The zero-order valence-electron chi connectivity index (χ0n) is 34.0. The van der Waals surface area contributed by atoms with Crippen LogP contribution in [-0.4, -0.2) is 9.13 Å². The van der Waals surface area contributed by atoms with E-state index in [1.54, 1.807) is 0 Å². The van der Waals surface area contributed by atoms with Gasteiger partial charge in [0.25, 0.3) is 0 Å². The lowest BCUT2D eigenvalue weighted by molar-refractivity contribution is 1.13. The first-order chi connectivity index (χ1) is 30.7. The lowest BCUT2D eigenvalue weighted by Gasteiger charge is -2.13. The first-order valence-corrected chi connectivity index (χ1v) is 21.1. The van der Waals surface area contributed by atoms with Crippen LogP contribution in [0.2, 0.25) is 0 Å². The van der Waals surface area contributed by atoms with E-state index in [1.807, 2.05) is 12.1 Å². The zero-order chi connectivity index (χ0) is 41.2. The van der Waals surface area contributed by atoms with E-state index in [1.165, 1.54) is 33.0 Å². The average Bonchev–Trinajstić information content (AvgIpc) is 3.91. The molecule has 0 bridgehead atoms. The molecule has 0 unspecified atom stereocenters. The Labute approximate surface area is 361 Å². The Balaban J connectivity index is 0.933. The molecule has 0 amide bonds. The molecule has 0 spiro atoms. The van der Waals surface area contributed by atoms with Gasteiger partial charge in [-0.25, -0.2) is 0 Å². The van der Waals surface area contributed by atoms with Gasteiger partial charge in [-0.05, 0) is 130 Å². The van der Waals surface area contributed by atoms with Gasteiger partial charge in [0.15, 0.2) is 0 Å². The summed E-state index contributed by atoms with van der Waals surface area (Å²) in [5.74, 6) is 0. The molecule has 0 aliphatic carbocycles. The van der Waals surface area contributed by atoms with Gasteiger partial charge in [-0.15, -0.1) is 0 Å². The highest BCUT2D eigenvalue weighted by Gasteiger charge is 2.18. The van der Waals surface area contributed by atoms with Gasteiger partial charge in [-0.2, -0.15) is 0 Å². The molecular weight excluding hydrogens is 753 g/mol. The summed E-state index contributed by atoms with van der Waals surface area (Å²) in [7, 11) is 0. The normalized spacial score (nSPS) is 11.2. The summed E-state index contributed by atoms with van der Waals surface area (Å²) in [6.45, 7) is 0. The second-order valence-electron chi connectivity index (χ2n) is 15.7. The van der Waals surface area contributed by atoms with Gasteiger partial charge in [0, 0.05) is 44.9 Å². The number of para-hydroxylation sites is 2. The Kier molecular flexibility index (Phi) is 9.49. The summed E-state index contributed by atoms with van der Waals surface area (Å²) in [5.41, 5.74) is 18.2. The number of aromatic nitrogens is 2. The van der Waals surface area contributed by atoms with Gasteiger partial charge in [0.05, 0.1) is 22.4 Å². The molecule has 0 saturated carbocycles. The summed E-state index contributed by atoms with van der Waals surface area (Å²) in [6, 6.07) is 86.5.